The van der Waals surface area contributed by atoms with Crippen molar-refractivity contribution in [2.75, 3.05) is 31.8 Å². The molecule has 4 rings (SSSR count). The summed E-state index contributed by atoms with van der Waals surface area (Å²) in [5.74, 6) is 1.72. The maximum Gasteiger partial charge on any atom is 0.255 e. The number of aromatic nitrogens is 2. The first-order valence-corrected chi connectivity index (χ1v) is 7.38. The first-order chi connectivity index (χ1) is 11.3. The normalized spacial score (nSPS) is 19.6. The third kappa shape index (κ3) is 2.73. The van der Waals surface area contributed by atoms with Gasteiger partial charge < -0.3 is 24.8 Å². The molecule has 3 N–H and O–H groups in total. The highest BCUT2D eigenvalue weighted by Crippen LogP contribution is 2.37. The van der Waals surface area contributed by atoms with E-state index in [9.17, 15) is 4.79 Å². The van der Waals surface area contributed by atoms with Crippen LogP contribution in [0.3, 0.4) is 0 Å². The van der Waals surface area contributed by atoms with E-state index in [1.165, 1.54) is 0 Å². The van der Waals surface area contributed by atoms with E-state index in [0.717, 1.165) is 17.7 Å². The number of carbonyl (C=O) groups excluding carboxylic acids is 1. The van der Waals surface area contributed by atoms with Gasteiger partial charge in [0.2, 0.25) is 6.79 Å². The number of anilines is 1. The highest BCUT2D eigenvalue weighted by Gasteiger charge is 2.23. The number of nitrogens with one attached hydrogen (secondary N) is 3. The van der Waals surface area contributed by atoms with Crippen molar-refractivity contribution in [2.45, 2.75) is 6.10 Å². The van der Waals surface area contributed by atoms with Gasteiger partial charge in [-0.15, -0.1) is 0 Å². The number of H-pyrrole nitrogens is 1. The van der Waals surface area contributed by atoms with Gasteiger partial charge in [-0.2, -0.15) is 5.10 Å². The molecule has 3 heterocycles. The van der Waals surface area contributed by atoms with Gasteiger partial charge in [-0.3, -0.25) is 9.89 Å². The molecule has 1 amide bonds. The van der Waals surface area contributed by atoms with Gasteiger partial charge in [0.05, 0.1) is 12.8 Å². The average Bonchev–Trinajstić information content (AvgIpc) is 3.23. The number of ether oxygens (including phenoxy) is 3. The molecule has 23 heavy (non-hydrogen) atoms. The molecule has 1 saturated heterocycles. The van der Waals surface area contributed by atoms with Crippen LogP contribution < -0.4 is 20.1 Å². The number of hydrogen-bond acceptors (Lipinski definition) is 6. The fraction of sp³-hybridized carbons (Fsp3) is 0.333. The van der Waals surface area contributed by atoms with E-state index in [1.807, 2.05) is 18.2 Å². The lowest BCUT2D eigenvalue weighted by Crippen LogP contribution is -2.45. The zero-order valence-electron chi connectivity index (χ0n) is 12.3. The number of nitrogens with zero attached hydrogens (tertiary/aromatic N) is 1. The monoisotopic (exact) mass is 316 g/mol. The molecule has 0 radical (unpaired) electrons. The van der Waals surface area contributed by atoms with Gasteiger partial charge in [0.25, 0.3) is 5.91 Å². The molecule has 0 bridgehead atoms. The Kier molecular flexibility index (Phi) is 3.60. The zero-order chi connectivity index (χ0) is 15.6. The first kappa shape index (κ1) is 14.0. The molecule has 0 saturated carbocycles. The van der Waals surface area contributed by atoms with E-state index in [0.29, 0.717) is 30.5 Å². The fourth-order valence-electron chi connectivity index (χ4n) is 2.60. The second kappa shape index (κ2) is 5.90. The third-order valence-electron chi connectivity index (χ3n) is 3.79. The molecule has 1 aromatic carbocycles. The Morgan fingerprint density at radius 2 is 2.22 bits per heavy atom. The Hall–Kier alpha value is -2.58. The van der Waals surface area contributed by atoms with E-state index in [1.54, 1.807) is 6.20 Å². The van der Waals surface area contributed by atoms with Gasteiger partial charge in [-0.05, 0) is 17.7 Å². The molecule has 1 aromatic heterocycles. The van der Waals surface area contributed by atoms with Crippen molar-refractivity contribution < 1.29 is 19.0 Å². The van der Waals surface area contributed by atoms with Crippen molar-refractivity contribution >= 4 is 11.7 Å². The Labute approximate surface area is 132 Å². The molecule has 2 aliphatic heterocycles. The number of carbonyl (C=O) groups is 1. The lowest BCUT2D eigenvalue weighted by atomic mass is 10.1. The quantitative estimate of drug-likeness (QED) is 0.772. The predicted molar refractivity (Wildman–Crippen MR) is 81.4 cm³/mol. The summed E-state index contributed by atoms with van der Waals surface area (Å²) in [5.41, 5.74) is 1.65. The number of rotatable bonds is 3. The first-order valence-electron chi connectivity index (χ1n) is 7.38. The Bertz CT molecular complexity index is 724. The summed E-state index contributed by atoms with van der Waals surface area (Å²) in [4.78, 5) is 12.3. The van der Waals surface area contributed by atoms with Gasteiger partial charge >= 0.3 is 0 Å². The smallest absolute Gasteiger partial charge is 0.255 e. The molecular formula is C15H16N4O4. The van der Waals surface area contributed by atoms with Crippen molar-refractivity contribution in [2.24, 2.45) is 0 Å². The minimum atomic E-state index is -0.503. The van der Waals surface area contributed by atoms with E-state index >= 15 is 0 Å². The summed E-state index contributed by atoms with van der Waals surface area (Å²) in [6.07, 6.45) is 1.16. The minimum Gasteiger partial charge on any atom is -0.454 e. The summed E-state index contributed by atoms with van der Waals surface area (Å²) in [6.45, 7) is 2.01. The Morgan fingerprint density at radius 3 is 3.09 bits per heavy atom. The second-order valence-corrected chi connectivity index (χ2v) is 5.28. The summed E-state index contributed by atoms with van der Waals surface area (Å²) in [5, 5.41) is 12.8. The summed E-state index contributed by atoms with van der Waals surface area (Å²) >= 11 is 0. The van der Waals surface area contributed by atoms with Gasteiger partial charge in [0, 0.05) is 18.7 Å². The van der Waals surface area contributed by atoms with Crippen LogP contribution in [-0.4, -0.2) is 48.7 Å². The van der Waals surface area contributed by atoms with Crippen molar-refractivity contribution in [1.82, 2.24) is 15.5 Å². The highest BCUT2D eigenvalue weighted by atomic mass is 16.7. The van der Waals surface area contributed by atoms with Gasteiger partial charge in [0.1, 0.15) is 11.9 Å². The number of fused-ring (bicyclic) bond motifs is 1. The number of morpholine rings is 1. The van der Waals surface area contributed by atoms with Crippen LogP contribution in [0.5, 0.6) is 11.5 Å². The van der Waals surface area contributed by atoms with Crippen LogP contribution in [-0.2, 0) is 9.53 Å². The van der Waals surface area contributed by atoms with Crippen molar-refractivity contribution in [3.63, 3.8) is 0 Å². The minimum absolute atomic E-state index is 0.205. The molecule has 8 heteroatoms. The molecule has 2 aliphatic rings. The SMILES string of the molecule is O=C(Nc1[nH]ncc1-c1ccc2c(c1)OCO2)[C@H]1CNCCO1. The lowest BCUT2D eigenvalue weighted by molar-refractivity contribution is -0.128. The summed E-state index contributed by atoms with van der Waals surface area (Å²) in [6, 6.07) is 5.60. The maximum atomic E-state index is 12.3. The largest absolute Gasteiger partial charge is 0.454 e. The molecule has 1 fully saturated rings. The molecule has 0 aliphatic carbocycles. The van der Waals surface area contributed by atoms with E-state index in [4.69, 9.17) is 14.2 Å². The Morgan fingerprint density at radius 1 is 1.30 bits per heavy atom. The second-order valence-electron chi connectivity index (χ2n) is 5.28. The van der Waals surface area contributed by atoms with E-state index in [-0.39, 0.29) is 12.7 Å². The van der Waals surface area contributed by atoms with Crippen LogP contribution in [0.1, 0.15) is 0 Å². The Balaban J connectivity index is 1.55. The zero-order valence-corrected chi connectivity index (χ0v) is 12.3. The number of hydrogen-bond donors (Lipinski definition) is 3. The molecule has 1 atom stereocenters. The molecule has 8 nitrogen and oxygen atoms in total. The summed E-state index contributed by atoms with van der Waals surface area (Å²) in [7, 11) is 0. The predicted octanol–water partition coefficient (Wildman–Crippen LogP) is 0.732. The molecular weight excluding hydrogens is 300 g/mol. The van der Waals surface area contributed by atoms with Crippen molar-refractivity contribution in [3.05, 3.63) is 24.4 Å². The number of aromatic amines is 1. The topological polar surface area (TPSA) is 97.5 Å². The van der Waals surface area contributed by atoms with Crippen LogP contribution in [0.15, 0.2) is 24.4 Å². The van der Waals surface area contributed by atoms with Crippen LogP contribution in [0.4, 0.5) is 5.82 Å². The van der Waals surface area contributed by atoms with Crippen LogP contribution in [0.25, 0.3) is 11.1 Å². The average molecular weight is 316 g/mol. The van der Waals surface area contributed by atoms with E-state index < -0.39 is 6.10 Å². The van der Waals surface area contributed by atoms with Crippen molar-refractivity contribution in [1.29, 1.82) is 0 Å². The molecule has 2 aromatic rings. The standard InChI is InChI=1S/C15H16N4O4/c20-15(13-7-16-3-4-21-13)18-14-10(6-17-19-14)9-1-2-11-12(5-9)23-8-22-11/h1-2,5-6,13,16H,3-4,7-8H2,(H2,17,18,19,20)/t13-/m1/s1. The summed E-state index contributed by atoms with van der Waals surface area (Å²) < 4.78 is 16.1. The van der Waals surface area contributed by atoms with E-state index in [2.05, 4.69) is 20.8 Å². The third-order valence-corrected chi connectivity index (χ3v) is 3.79. The van der Waals surface area contributed by atoms with Gasteiger partial charge in [-0.1, -0.05) is 6.07 Å². The fourth-order valence-corrected chi connectivity index (χ4v) is 2.60. The number of benzene rings is 1. The van der Waals surface area contributed by atoms with Crippen LogP contribution in [0, 0.1) is 0 Å². The van der Waals surface area contributed by atoms with Crippen LogP contribution >= 0.6 is 0 Å². The van der Waals surface area contributed by atoms with Gasteiger partial charge in [0.15, 0.2) is 11.5 Å². The molecule has 0 unspecified atom stereocenters. The molecule has 120 valence electrons. The molecule has 0 spiro atoms. The van der Waals surface area contributed by atoms with Gasteiger partial charge in [-0.25, -0.2) is 0 Å². The lowest BCUT2D eigenvalue weighted by Gasteiger charge is -2.22. The number of amides is 1. The van der Waals surface area contributed by atoms with Crippen molar-refractivity contribution in [3.8, 4) is 22.6 Å². The highest BCUT2D eigenvalue weighted by molar-refractivity contribution is 5.97. The maximum absolute atomic E-state index is 12.3. The van der Waals surface area contributed by atoms with Crippen LogP contribution in [0.2, 0.25) is 0 Å².